The standard InChI is InChI=1S/C32H17ClN8O12S4.Al/c33-17-11-5-10-16-18(17)30-39-29(16)37-27-13-7-2-1-6-12(13)25(35-27)34-26-14-8-3-4-9-15(14)28(36-26)38-31-19-20(32(40-30)41-31)22(55(45,46)47)24(57(51,52)53)23(56(48,49)50)21(19)54(42,43)44;/h1-11H,(H,42,43,44)(H,45,46,47)(H,48,49,50)(H,51,52,53)(H2,34,35,36,37,38,39,40,41);/q;+3/p-3. The van der Waals surface area contributed by atoms with E-state index in [2.05, 4.69) is 29.9 Å². The molecule has 9 rings (SSSR count). The van der Waals surface area contributed by atoms with Gasteiger partial charge in [0.25, 0.3) is 10.1 Å². The van der Waals surface area contributed by atoms with Gasteiger partial charge in [-0.15, -0.1) is 0 Å². The molecule has 0 fully saturated rings. The average molecular weight is 893 g/mol. The summed E-state index contributed by atoms with van der Waals surface area (Å²) in [7, 11) is -25.8. The van der Waals surface area contributed by atoms with Crippen molar-refractivity contribution in [2.45, 2.75) is 19.6 Å². The third-order valence-corrected chi connectivity index (χ3v) is 13.2. The van der Waals surface area contributed by atoms with Crippen molar-refractivity contribution < 1.29 is 51.9 Å². The minimum absolute atomic E-state index is 0. The van der Waals surface area contributed by atoms with E-state index in [1.807, 2.05) is 0 Å². The van der Waals surface area contributed by atoms with Crippen molar-refractivity contribution in [1.82, 2.24) is 39.9 Å². The number of H-pyrrole nitrogens is 2. The molecule has 58 heavy (non-hydrogen) atoms. The Balaban J connectivity index is 0.00000469. The first-order valence-corrected chi connectivity index (χ1v) is 21.6. The number of hydrogen-bond acceptors (Lipinski definition) is 17. The van der Waals surface area contributed by atoms with Crippen LogP contribution in [0.3, 0.4) is 0 Å². The van der Waals surface area contributed by atoms with Gasteiger partial charge in [-0.1, -0.05) is 72.3 Å². The monoisotopic (exact) mass is 892 g/mol. The number of halogens is 1. The molecule has 0 spiro atoms. The summed E-state index contributed by atoms with van der Waals surface area (Å²) in [6.07, 6.45) is 0. The van der Waals surface area contributed by atoms with E-state index in [1.54, 1.807) is 42.5 Å². The average Bonchev–Trinajstić information content (AvgIpc) is 3.85. The first kappa shape index (κ1) is 39.5. The SMILES string of the molecule is O=S(=O)([O-])c1c(S(=O)(=O)[O-])c(S(=O)(=O)O)c2c3nc4nc(nc5[nH]c(nc6nc(nc([nH]3)c2c1S(=O)(=O)[O-])-c1c(Cl)cccc1-6)c1ccccc51)-c1ccccc1-4.[Al+3]. The van der Waals surface area contributed by atoms with Crippen LogP contribution in [-0.2, 0) is 40.5 Å². The third-order valence-electron chi connectivity index (χ3n) is 8.90. The topological polar surface area (TPSA) is 335 Å². The molecule has 0 unspecified atom stereocenters. The predicted octanol–water partition coefficient (Wildman–Crippen LogP) is 3.10. The summed E-state index contributed by atoms with van der Waals surface area (Å²) in [5.41, 5.74) is -0.637. The minimum atomic E-state index is -6.60. The van der Waals surface area contributed by atoms with E-state index in [0.29, 0.717) is 16.3 Å². The molecule has 7 aromatic rings. The van der Waals surface area contributed by atoms with Crippen LogP contribution in [0.15, 0.2) is 86.3 Å². The van der Waals surface area contributed by atoms with Crippen molar-refractivity contribution >= 4 is 114 Å². The fourth-order valence-electron chi connectivity index (χ4n) is 6.78. The molecule has 0 aliphatic carbocycles. The van der Waals surface area contributed by atoms with E-state index in [4.69, 9.17) is 21.6 Å². The summed E-state index contributed by atoms with van der Waals surface area (Å²) >= 11 is 6.59. The Labute approximate surface area is 340 Å². The quantitative estimate of drug-likeness (QED) is 0.169. The van der Waals surface area contributed by atoms with Crippen molar-refractivity contribution in [3.8, 4) is 45.6 Å². The second kappa shape index (κ2) is 13.1. The molecule has 2 aliphatic heterocycles. The van der Waals surface area contributed by atoms with Crippen molar-refractivity contribution in [1.29, 1.82) is 0 Å². The van der Waals surface area contributed by atoms with Crippen molar-refractivity contribution in [2.75, 3.05) is 0 Å². The van der Waals surface area contributed by atoms with Gasteiger partial charge in [-0.05, 0) is 6.07 Å². The Morgan fingerprint density at radius 2 is 0.879 bits per heavy atom. The second-order valence-electron chi connectivity index (χ2n) is 12.3. The molecule has 0 atom stereocenters. The largest absolute Gasteiger partial charge is 3.00 e. The van der Waals surface area contributed by atoms with E-state index in [1.165, 1.54) is 24.3 Å². The van der Waals surface area contributed by atoms with Crippen LogP contribution < -0.4 is 0 Å². The predicted molar refractivity (Wildman–Crippen MR) is 201 cm³/mol. The van der Waals surface area contributed by atoms with Crippen LogP contribution in [0.1, 0.15) is 0 Å². The van der Waals surface area contributed by atoms with E-state index in [0.717, 1.165) is 0 Å². The first-order valence-electron chi connectivity index (χ1n) is 15.6. The van der Waals surface area contributed by atoms with Crippen LogP contribution in [-0.4, -0.2) is 109 Å². The molecule has 0 radical (unpaired) electrons. The summed E-state index contributed by atoms with van der Waals surface area (Å²) in [4.78, 5) is 23.1. The van der Waals surface area contributed by atoms with Crippen LogP contribution in [0.25, 0.3) is 89.7 Å². The van der Waals surface area contributed by atoms with E-state index < -0.39 is 87.9 Å². The molecule has 20 nitrogen and oxygen atoms in total. The van der Waals surface area contributed by atoms with Gasteiger partial charge in [-0.2, -0.15) is 8.42 Å². The van der Waals surface area contributed by atoms with Crippen molar-refractivity contribution in [3.05, 3.63) is 71.8 Å². The number of benzene rings is 4. The van der Waals surface area contributed by atoms with Crippen molar-refractivity contribution in [3.63, 3.8) is 0 Å². The smallest absolute Gasteiger partial charge is 0.744 e. The van der Waals surface area contributed by atoms with Crippen LogP contribution in [0.2, 0.25) is 5.02 Å². The summed E-state index contributed by atoms with van der Waals surface area (Å²) in [6.45, 7) is 0. The van der Waals surface area contributed by atoms with Gasteiger partial charge in [0.15, 0.2) is 23.3 Å². The van der Waals surface area contributed by atoms with Gasteiger partial charge in [-0.25, -0.2) is 55.2 Å². The molecule has 3 N–H and O–H groups in total. The second-order valence-corrected chi connectivity index (χ2v) is 18.0. The van der Waals surface area contributed by atoms with Crippen LogP contribution >= 0.6 is 11.6 Å². The van der Waals surface area contributed by atoms with Gasteiger partial charge in [0.1, 0.15) is 57.8 Å². The summed E-state index contributed by atoms with van der Waals surface area (Å²) in [5.74, 6) is -0.809. The Bertz CT molecular complexity index is 3680. The molecule has 0 saturated carbocycles. The van der Waals surface area contributed by atoms with Crippen LogP contribution in [0.4, 0.5) is 0 Å². The zero-order valence-corrected chi connectivity index (χ0v) is 33.2. The Morgan fingerprint density at radius 1 is 0.483 bits per heavy atom. The van der Waals surface area contributed by atoms with Gasteiger partial charge in [0, 0.05) is 38.4 Å². The number of aromatic nitrogens is 8. The van der Waals surface area contributed by atoms with E-state index >= 15 is 0 Å². The molecule has 5 heterocycles. The molecule has 288 valence electrons. The number of fused-ring (bicyclic) bond motifs is 20. The number of nitrogens with zero attached hydrogens (tertiary/aromatic N) is 6. The summed E-state index contributed by atoms with van der Waals surface area (Å²) in [5, 5.41) is -1.60. The van der Waals surface area contributed by atoms with Crippen LogP contribution in [0, 0.1) is 0 Å². The van der Waals surface area contributed by atoms with Crippen molar-refractivity contribution in [2.24, 2.45) is 0 Å². The third kappa shape index (κ3) is 6.15. The van der Waals surface area contributed by atoms with Gasteiger partial charge in [0.05, 0.1) is 25.1 Å². The molecule has 0 amide bonds. The number of nitrogens with one attached hydrogen (secondary N) is 2. The van der Waals surface area contributed by atoms with Gasteiger partial charge >= 0.3 is 17.4 Å². The zero-order chi connectivity index (χ0) is 40.6. The fraction of sp³-hybridized carbons (Fsp3) is 0. The molecule has 8 bridgehead atoms. The number of aromatic amines is 2. The molecule has 4 aromatic carbocycles. The first-order chi connectivity index (χ1) is 26.7. The molecular weight excluding hydrogens is 879 g/mol. The Morgan fingerprint density at radius 3 is 1.40 bits per heavy atom. The Kier molecular flexibility index (Phi) is 8.93. The van der Waals surface area contributed by atoms with E-state index in [9.17, 15) is 51.9 Å². The maximum absolute atomic E-state index is 13.1. The molecule has 2 aliphatic rings. The molecule has 3 aromatic heterocycles. The number of rotatable bonds is 4. The number of hydrogen-bond donors (Lipinski definition) is 3. The Hall–Kier alpha value is -5.30. The summed E-state index contributed by atoms with van der Waals surface area (Å²) < 4.78 is 152. The van der Waals surface area contributed by atoms with Crippen LogP contribution in [0.5, 0.6) is 0 Å². The van der Waals surface area contributed by atoms with E-state index in [-0.39, 0.29) is 67.8 Å². The molecular formula is C32H14AlClN8O12S4. The van der Waals surface area contributed by atoms with Gasteiger partial charge in [0.2, 0.25) is 0 Å². The zero-order valence-electron chi connectivity index (χ0n) is 28.1. The minimum Gasteiger partial charge on any atom is -0.744 e. The molecule has 0 saturated heterocycles. The maximum atomic E-state index is 13.1. The van der Waals surface area contributed by atoms with Gasteiger partial charge < -0.3 is 23.6 Å². The van der Waals surface area contributed by atoms with Gasteiger partial charge in [-0.3, -0.25) is 4.55 Å². The normalized spacial score (nSPS) is 13.0. The molecule has 26 heteroatoms. The maximum Gasteiger partial charge on any atom is 3.00 e. The fourth-order valence-corrected chi connectivity index (χ4v) is 11.9. The summed E-state index contributed by atoms with van der Waals surface area (Å²) in [6, 6.07) is 17.7.